The number of aromatic nitrogens is 2. The zero-order valence-electron chi connectivity index (χ0n) is 8.24. The van der Waals surface area contributed by atoms with Crippen molar-refractivity contribution < 1.29 is 4.79 Å². The number of hydrogen-bond acceptors (Lipinski definition) is 3. The minimum absolute atomic E-state index is 0.140. The van der Waals surface area contributed by atoms with Gasteiger partial charge in [-0.05, 0) is 12.5 Å². The van der Waals surface area contributed by atoms with Gasteiger partial charge in [-0.15, -0.1) is 0 Å². The van der Waals surface area contributed by atoms with Crippen LogP contribution in [0.5, 0.6) is 0 Å². The van der Waals surface area contributed by atoms with Gasteiger partial charge in [0.15, 0.2) is 0 Å². The van der Waals surface area contributed by atoms with Gasteiger partial charge in [0.1, 0.15) is 11.6 Å². The lowest BCUT2D eigenvalue weighted by molar-refractivity contribution is -0.116. The van der Waals surface area contributed by atoms with Gasteiger partial charge in [0.05, 0.1) is 0 Å². The maximum Gasteiger partial charge on any atom is 0.134 e. The van der Waals surface area contributed by atoms with Crippen LogP contribution in [0, 0.1) is 0 Å². The number of rotatable bonds is 3. The molecule has 1 aromatic heterocycles. The molecule has 0 bridgehead atoms. The van der Waals surface area contributed by atoms with E-state index in [-0.39, 0.29) is 5.78 Å². The second-order valence-corrected chi connectivity index (χ2v) is 3.48. The normalized spacial score (nSPS) is 10.5. The lowest BCUT2D eigenvalue weighted by Gasteiger charge is -2.03. The summed E-state index contributed by atoms with van der Waals surface area (Å²) in [6.07, 6.45) is 3.88. The summed E-state index contributed by atoms with van der Waals surface area (Å²) >= 11 is 0. The summed E-state index contributed by atoms with van der Waals surface area (Å²) in [4.78, 5) is 19.1. The zero-order chi connectivity index (χ0) is 9.84. The third-order valence-corrected chi connectivity index (χ3v) is 1.69. The van der Waals surface area contributed by atoms with Crippen molar-refractivity contribution in [3.8, 4) is 0 Å². The number of nitrogens with zero attached hydrogens (tertiary/aromatic N) is 2. The van der Waals surface area contributed by atoms with Crippen molar-refractivity contribution in [2.75, 3.05) is 0 Å². The maximum absolute atomic E-state index is 10.8. The van der Waals surface area contributed by atoms with Gasteiger partial charge < -0.3 is 0 Å². The van der Waals surface area contributed by atoms with Crippen molar-refractivity contribution >= 4 is 5.78 Å². The predicted octanol–water partition coefficient (Wildman–Crippen LogP) is 1.73. The molecule has 0 saturated carbocycles. The van der Waals surface area contributed by atoms with Crippen molar-refractivity contribution in [2.45, 2.75) is 33.1 Å². The summed E-state index contributed by atoms with van der Waals surface area (Å²) in [6.45, 7) is 5.65. The molecule has 0 fully saturated rings. The minimum atomic E-state index is 0.140. The lowest BCUT2D eigenvalue weighted by atomic mass is 10.1. The number of hydrogen-bond donors (Lipinski definition) is 0. The summed E-state index contributed by atoms with van der Waals surface area (Å²) in [5.74, 6) is 1.31. The van der Waals surface area contributed by atoms with Crippen LogP contribution < -0.4 is 0 Å². The molecule has 0 atom stereocenters. The SMILES string of the molecule is CC(=O)Cc1cnc(C(C)C)nc1. The van der Waals surface area contributed by atoms with Crippen LogP contribution in [0.1, 0.15) is 38.1 Å². The number of Topliss-reactive ketones (excluding diaryl/α,β-unsaturated/α-hetero) is 1. The molecule has 13 heavy (non-hydrogen) atoms. The van der Waals surface area contributed by atoms with E-state index in [2.05, 4.69) is 9.97 Å². The molecule has 0 N–H and O–H groups in total. The van der Waals surface area contributed by atoms with Crippen LogP contribution in [0.25, 0.3) is 0 Å². The van der Waals surface area contributed by atoms with Crippen molar-refractivity contribution in [1.29, 1.82) is 0 Å². The average Bonchev–Trinajstić information content (AvgIpc) is 2.04. The van der Waals surface area contributed by atoms with Crippen molar-refractivity contribution in [2.24, 2.45) is 0 Å². The summed E-state index contributed by atoms with van der Waals surface area (Å²) in [7, 11) is 0. The number of carbonyl (C=O) groups excluding carboxylic acids is 1. The van der Waals surface area contributed by atoms with Crippen LogP contribution in [0.3, 0.4) is 0 Å². The molecule has 3 nitrogen and oxygen atoms in total. The van der Waals surface area contributed by atoms with Gasteiger partial charge >= 0.3 is 0 Å². The Morgan fingerprint density at radius 2 is 1.92 bits per heavy atom. The summed E-state index contributed by atoms with van der Waals surface area (Å²) < 4.78 is 0. The molecule has 0 aliphatic heterocycles. The van der Waals surface area contributed by atoms with E-state index < -0.39 is 0 Å². The molecule has 3 heteroatoms. The van der Waals surface area contributed by atoms with Crippen molar-refractivity contribution in [3.63, 3.8) is 0 Å². The van der Waals surface area contributed by atoms with Crippen LogP contribution in [0.15, 0.2) is 12.4 Å². The molecule has 1 aromatic rings. The van der Waals surface area contributed by atoms with Gasteiger partial charge in [-0.25, -0.2) is 9.97 Å². The van der Waals surface area contributed by atoms with E-state index in [1.807, 2.05) is 13.8 Å². The summed E-state index contributed by atoms with van der Waals surface area (Å²) in [5.41, 5.74) is 0.886. The van der Waals surface area contributed by atoms with Gasteiger partial charge in [0, 0.05) is 24.7 Å². The van der Waals surface area contributed by atoms with Gasteiger partial charge in [0.2, 0.25) is 0 Å². The molecule has 0 amide bonds. The second kappa shape index (κ2) is 4.12. The highest BCUT2D eigenvalue weighted by molar-refractivity contribution is 5.77. The Bertz CT molecular complexity index is 290. The largest absolute Gasteiger partial charge is 0.300 e. The van der Waals surface area contributed by atoms with Crippen LogP contribution in [-0.2, 0) is 11.2 Å². The highest BCUT2D eigenvalue weighted by atomic mass is 16.1. The van der Waals surface area contributed by atoms with E-state index in [1.165, 1.54) is 0 Å². The first-order valence-electron chi connectivity index (χ1n) is 4.40. The maximum atomic E-state index is 10.8. The topological polar surface area (TPSA) is 42.9 Å². The lowest BCUT2D eigenvalue weighted by Crippen LogP contribution is -2.01. The highest BCUT2D eigenvalue weighted by Gasteiger charge is 2.03. The fourth-order valence-corrected chi connectivity index (χ4v) is 1.04. The molecular formula is C10H14N2O. The highest BCUT2D eigenvalue weighted by Crippen LogP contribution is 2.07. The predicted molar refractivity (Wildman–Crippen MR) is 50.5 cm³/mol. The molecule has 0 radical (unpaired) electrons. The van der Waals surface area contributed by atoms with Gasteiger partial charge in [0.25, 0.3) is 0 Å². The Kier molecular flexibility index (Phi) is 3.12. The molecular weight excluding hydrogens is 164 g/mol. The van der Waals surface area contributed by atoms with Crippen molar-refractivity contribution in [3.05, 3.63) is 23.8 Å². The van der Waals surface area contributed by atoms with Crippen LogP contribution in [0.4, 0.5) is 0 Å². The molecule has 1 rings (SSSR count). The van der Waals surface area contributed by atoms with E-state index in [4.69, 9.17) is 0 Å². The fourth-order valence-electron chi connectivity index (χ4n) is 1.04. The average molecular weight is 178 g/mol. The van der Waals surface area contributed by atoms with E-state index in [1.54, 1.807) is 19.3 Å². The first-order chi connectivity index (χ1) is 6.09. The molecule has 0 spiro atoms. The molecule has 0 aliphatic carbocycles. The monoisotopic (exact) mass is 178 g/mol. The third kappa shape index (κ3) is 2.93. The minimum Gasteiger partial charge on any atom is -0.300 e. The number of ketones is 1. The fraction of sp³-hybridized carbons (Fsp3) is 0.500. The molecule has 0 unspecified atom stereocenters. The van der Waals surface area contributed by atoms with Crippen LogP contribution >= 0.6 is 0 Å². The van der Waals surface area contributed by atoms with Gasteiger partial charge in [-0.2, -0.15) is 0 Å². The second-order valence-electron chi connectivity index (χ2n) is 3.48. The smallest absolute Gasteiger partial charge is 0.134 e. The zero-order valence-corrected chi connectivity index (χ0v) is 8.24. The Labute approximate surface area is 78.2 Å². The number of carbonyl (C=O) groups is 1. The van der Waals surface area contributed by atoms with E-state index in [0.29, 0.717) is 12.3 Å². The van der Waals surface area contributed by atoms with E-state index in [9.17, 15) is 4.79 Å². The first kappa shape index (κ1) is 9.84. The van der Waals surface area contributed by atoms with Crippen molar-refractivity contribution in [1.82, 2.24) is 9.97 Å². The Balaban J connectivity index is 2.75. The summed E-state index contributed by atoms with van der Waals surface area (Å²) in [5, 5.41) is 0. The quantitative estimate of drug-likeness (QED) is 0.708. The summed E-state index contributed by atoms with van der Waals surface area (Å²) in [6, 6.07) is 0. The molecule has 0 aromatic carbocycles. The van der Waals surface area contributed by atoms with Crippen LogP contribution in [-0.4, -0.2) is 15.8 Å². The Morgan fingerprint density at radius 1 is 1.38 bits per heavy atom. The molecule has 1 heterocycles. The van der Waals surface area contributed by atoms with Gasteiger partial charge in [-0.3, -0.25) is 4.79 Å². The molecule has 70 valence electrons. The molecule has 0 aliphatic rings. The third-order valence-electron chi connectivity index (χ3n) is 1.69. The van der Waals surface area contributed by atoms with E-state index >= 15 is 0 Å². The van der Waals surface area contributed by atoms with Crippen LogP contribution in [0.2, 0.25) is 0 Å². The first-order valence-corrected chi connectivity index (χ1v) is 4.40. The Hall–Kier alpha value is -1.25. The standard InChI is InChI=1S/C10H14N2O/c1-7(2)10-11-5-9(6-12-10)4-8(3)13/h5-7H,4H2,1-3H3. The van der Waals surface area contributed by atoms with E-state index in [0.717, 1.165) is 11.4 Å². The molecule has 0 saturated heterocycles. The Morgan fingerprint density at radius 3 is 2.31 bits per heavy atom. The van der Waals surface area contributed by atoms with Gasteiger partial charge in [-0.1, -0.05) is 13.8 Å².